The first-order valence-electron chi connectivity index (χ1n) is 10.0. The zero-order valence-corrected chi connectivity index (χ0v) is 17.4. The number of alkyl carbamates (subject to hydrolysis) is 2. The summed E-state index contributed by atoms with van der Waals surface area (Å²) in [6.45, 7) is 8.20. The van der Waals surface area contributed by atoms with Gasteiger partial charge >= 0.3 is 12.2 Å². The number of nitrogens with one attached hydrogen (secondary N) is 2. The van der Waals surface area contributed by atoms with Crippen molar-refractivity contribution in [1.82, 2.24) is 10.6 Å². The van der Waals surface area contributed by atoms with E-state index in [-0.39, 0.29) is 5.92 Å². The fourth-order valence-corrected chi connectivity index (χ4v) is 2.38. The third-order valence-corrected chi connectivity index (χ3v) is 3.94. The van der Waals surface area contributed by atoms with E-state index < -0.39 is 18.5 Å². The van der Waals surface area contributed by atoms with Crippen LogP contribution < -0.4 is 10.6 Å². The van der Waals surface area contributed by atoms with Crippen LogP contribution in [0.4, 0.5) is 9.59 Å². The highest BCUT2D eigenvalue weighted by Gasteiger charge is 2.22. The first-order chi connectivity index (χ1) is 13.1. The molecule has 8 heteroatoms. The van der Waals surface area contributed by atoms with Gasteiger partial charge in [-0.05, 0) is 32.6 Å². The Labute approximate surface area is 163 Å². The van der Waals surface area contributed by atoms with E-state index in [1.54, 1.807) is 7.11 Å². The van der Waals surface area contributed by atoms with Crippen molar-refractivity contribution in [3.8, 4) is 0 Å². The van der Waals surface area contributed by atoms with Crippen LogP contribution in [0.2, 0.25) is 0 Å². The van der Waals surface area contributed by atoms with Crippen LogP contribution in [-0.2, 0) is 18.9 Å². The van der Waals surface area contributed by atoms with Gasteiger partial charge in [0, 0.05) is 32.7 Å². The molecule has 160 valence electrons. The van der Waals surface area contributed by atoms with Crippen molar-refractivity contribution in [2.75, 3.05) is 40.0 Å². The lowest BCUT2D eigenvalue weighted by Crippen LogP contribution is -2.38. The molecule has 0 fully saturated rings. The van der Waals surface area contributed by atoms with Crippen molar-refractivity contribution in [2.24, 2.45) is 5.92 Å². The number of hydrogen-bond acceptors (Lipinski definition) is 6. The van der Waals surface area contributed by atoms with E-state index in [1.165, 1.54) is 0 Å². The molecule has 0 aliphatic rings. The highest BCUT2D eigenvalue weighted by atomic mass is 16.7. The van der Waals surface area contributed by atoms with Gasteiger partial charge in [0.05, 0.1) is 13.2 Å². The molecule has 0 radical (unpaired) electrons. The highest BCUT2D eigenvalue weighted by molar-refractivity contribution is 5.67. The lowest BCUT2D eigenvalue weighted by Gasteiger charge is -2.26. The van der Waals surface area contributed by atoms with E-state index in [2.05, 4.69) is 10.6 Å². The molecule has 0 heterocycles. The van der Waals surface area contributed by atoms with Gasteiger partial charge in [-0.3, -0.25) is 0 Å². The molecule has 0 aromatic carbocycles. The minimum atomic E-state index is -0.433. The lowest BCUT2D eigenvalue weighted by molar-refractivity contribution is -0.153. The Morgan fingerprint density at radius 1 is 0.889 bits per heavy atom. The molecule has 0 saturated heterocycles. The number of rotatable bonds is 16. The van der Waals surface area contributed by atoms with Gasteiger partial charge in [0.15, 0.2) is 6.29 Å². The Morgan fingerprint density at radius 3 is 2.00 bits per heavy atom. The molecule has 2 atom stereocenters. The summed E-state index contributed by atoms with van der Waals surface area (Å²) < 4.78 is 21.2. The zero-order chi connectivity index (χ0) is 20.3. The van der Waals surface area contributed by atoms with E-state index in [0.29, 0.717) is 45.8 Å². The number of ether oxygens (including phenoxy) is 4. The minimum Gasteiger partial charge on any atom is -0.450 e. The Morgan fingerprint density at radius 2 is 1.48 bits per heavy atom. The largest absolute Gasteiger partial charge is 0.450 e. The topological polar surface area (TPSA) is 95.1 Å². The molecule has 0 aromatic heterocycles. The molecule has 0 rings (SSSR count). The van der Waals surface area contributed by atoms with Gasteiger partial charge < -0.3 is 29.6 Å². The van der Waals surface area contributed by atoms with Crippen LogP contribution in [-0.4, -0.2) is 58.5 Å². The van der Waals surface area contributed by atoms with Crippen molar-refractivity contribution < 1.29 is 28.5 Å². The summed E-state index contributed by atoms with van der Waals surface area (Å²) in [5.74, 6) is -0.0495. The molecule has 0 bridgehead atoms. The second kappa shape index (κ2) is 17.9. The van der Waals surface area contributed by atoms with Crippen molar-refractivity contribution in [1.29, 1.82) is 0 Å². The minimum absolute atomic E-state index is 0.0495. The predicted octanol–water partition coefficient (Wildman–Crippen LogP) is 3.44. The molecule has 0 aliphatic heterocycles. The van der Waals surface area contributed by atoms with Crippen molar-refractivity contribution >= 4 is 12.2 Å². The first-order valence-corrected chi connectivity index (χ1v) is 10.0. The maximum atomic E-state index is 11.7. The third-order valence-electron chi connectivity index (χ3n) is 3.94. The monoisotopic (exact) mass is 390 g/mol. The second-order valence-corrected chi connectivity index (χ2v) is 6.25. The molecule has 0 saturated carbocycles. The third kappa shape index (κ3) is 14.2. The molecule has 27 heavy (non-hydrogen) atoms. The van der Waals surface area contributed by atoms with Crippen LogP contribution in [0.3, 0.4) is 0 Å². The molecule has 0 aromatic rings. The molecule has 8 nitrogen and oxygen atoms in total. The van der Waals surface area contributed by atoms with E-state index in [9.17, 15) is 9.59 Å². The highest BCUT2D eigenvalue weighted by Crippen LogP contribution is 2.15. The van der Waals surface area contributed by atoms with Crippen LogP contribution in [0.15, 0.2) is 0 Å². The molecule has 2 amide bonds. The smallest absolute Gasteiger partial charge is 0.407 e. The van der Waals surface area contributed by atoms with Crippen LogP contribution in [0, 0.1) is 5.92 Å². The summed E-state index contributed by atoms with van der Waals surface area (Å²) in [6, 6.07) is 0. The summed E-state index contributed by atoms with van der Waals surface area (Å²) in [5.41, 5.74) is 0. The number of carbonyl (C=O) groups excluding carboxylic acids is 2. The van der Waals surface area contributed by atoms with E-state index >= 15 is 0 Å². The van der Waals surface area contributed by atoms with Gasteiger partial charge in [-0.1, -0.05) is 26.7 Å². The van der Waals surface area contributed by atoms with Gasteiger partial charge in [0.25, 0.3) is 0 Å². The Hall–Kier alpha value is -1.54. The van der Waals surface area contributed by atoms with Crippen molar-refractivity contribution in [2.45, 2.75) is 65.6 Å². The Bertz CT molecular complexity index is 381. The molecule has 0 spiro atoms. The van der Waals surface area contributed by atoms with Crippen molar-refractivity contribution in [3.05, 3.63) is 0 Å². The predicted molar refractivity (Wildman–Crippen MR) is 104 cm³/mol. The molecule has 0 aliphatic carbocycles. The van der Waals surface area contributed by atoms with E-state index in [0.717, 1.165) is 25.7 Å². The fourth-order valence-electron chi connectivity index (χ4n) is 2.38. The zero-order valence-electron chi connectivity index (χ0n) is 17.4. The van der Waals surface area contributed by atoms with Gasteiger partial charge in [0.2, 0.25) is 0 Å². The molecule has 2 unspecified atom stereocenters. The normalized spacial score (nSPS) is 12.9. The number of unbranched alkanes of at least 4 members (excludes halogenated alkanes) is 2. The number of methoxy groups -OCH3 is 1. The summed E-state index contributed by atoms with van der Waals surface area (Å²) in [7, 11) is 1.58. The van der Waals surface area contributed by atoms with Gasteiger partial charge in [-0.2, -0.15) is 0 Å². The van der Waals surface area contributed by atoms with E-state index in [1.807, 2.05) is 20.8 Å². The van der Waals surface area contributed by atoms with E-state index in [4.69, 9.17) is 18.9 Å². The molecular weight excluding hydrogens is 352 g/mol. The average molecular weight is 391 g/mol. The van der Waals surface area contributed by atoms with Gasteiger partial charge in [-0.25, -0.2) is 9.59 Å². The van der Waals surface area contributed by atoms with Crippen LogP contribution >= 0.6 is 0 Å². The quantitative estimate of drug-likeness (QED) is 0.310. The van der Waals surface area contributed by atoms with Crippen LogP contribution in [0.25, 0.3) is 0 Å². The summed E-state index contributed by atoms with van der Waals surface area (Å²) in [4.78, 5) is 23.3. The van der Waals surface area contributed by atoms with Crippen LogP contribution in [0.5, 0.6) is 0 Å². The van der Waals surface area contributed by atoms with Gasteiger partial charge in [-0.15, -0.1) is 0 Å². The summed E-state index contributed by atoms with van der Waals surface area (Å²) in [6.07, 6.45) is 3.83. The molecule has 2 N–H and O–H groups in total. The summed E-state index contributed by atoms with van der Waals surface area (Å²) >= 11 is 0. The number of carbonyl (C=O) groups is 2. The second-order valence-electron chi connectivity index (χ2n) is 6.25. The Balaban J connectivity index is 4.27. The standard InChI is InChI=1S/C19H38N2O6/c1-5-8-13-26-18(22)20-12-10-11-16(17(24-4)25-7-3)15-21-19(23)27-14-9-6-2/h16-17H,5-15H2,1-4H3,(H,20,22)(H,21,23). The summed E-state index contributed by atoms with van der Waals surface area (Å²) in [5, 5.41) is 5.50. The average Bonchev–Trinajstić information content (AvgIpc) is 2.66. The first kappa shape index (κ1) is 25.5. The maximum absolute atomic E-state index is 11.7. The molecular formula is C19H38N2O6. The lowest BCUT2D eigenvalue weighted by atomic mass is 10.0. The fraction of sp³-hybridized carbons (Fsp3) is 0.895. The number of amides is 2. The van der Waals surface area contributed by atoms with Gasteiger partial charge in [0.1, 0.15) is 0 Å². The SMILES string of the molecule is CCCCOC(=O)NCCCC(CNC(=O)OCCCC)C(OC)OCC. The Kier molecular flexibility index (Phi) is 16.8. The van der Waals surface area contributed by atoms with Crippen LogP contribution in [0.1, 0.15) is 59.3 Å². The van der Waals surface area contributed by atoms with Crippen molar-refractivity contribution in [3.63, 3.8) is 0 Å². The maximum Gasteiger partial charge on any atom is 0.407 e. The number of hydrogen-bond donors (Lipinski definition) is 2.